The molecule has 1 radical (unpaired) electrons. The zero-order chi connectivity index (χ0) is 33.2. The van der Waals surface area contributed by atoms with Crippen LogP contribution in [0.3, 0.4) is 0 Å². The summed E-state index contributed by atoms with van der Waals surface area (Å²) in [6.07, 6.45) is 1.79. The maximum Gasteiger partial charge on any atom is 0.340 e. The predicted octanol–water partition coefficient (Wildman–Crippen LogP) is 8.05. The van der Waals surface area contributed by atoms with Crippen LogP contribution in [0.2, 0.25) is 0 Å². The summed E-state index contributed by atoms with van der Waals surface area (Å²) in [5.74, 6) is 1.89. The molecule has 0 aliphatic carbocycles. The molecule has 0 bridgehead atoms. The van der Waals surface area contributed by atoms with E-state index in [9.17, 15) is 4.79 Å². The van der Waals surface area contributed by atoms with Crippen LogP contribution in [0.15, 0.2) is 103 Å². The molecule has 0 fully saturated rings. The number of benzene rings is 5. The minimum atomic E-state index is -0.401. The van der Waals surface area contributed by atoms with Crippen molar-refractivity contribution in [3.63, 3.8) is 0 Å². The first-order valence-electron chi connectivity index (χ1n) is 15.6. The number of methoxy groups -OCH3 is 4. The summed E-state index contributed by atoms with van der Waals surface area (Å²) in [7, 11) is 6.37. The second-order valence-electron chi connectivity index (χ2n) is 11.4. The van der Waals surface area contributed by atoms with Gasteiger partial charge >= 0.3 is 5.97 Å². The minimum Gasteiger partial charge on any atom is -0.497 e. The number of carbonyl (C=O) groups is 1. The lowest BCUT2D eigenvalue weighted by Crippen LogP contribution is -2.15. The number of anilines is 2. The fourth-order valence-electron chi connectivity index (χ4n) is 6.36. The number of hydrogen-bond acceptors (Lipinski definition) is 9. The molecule has 0 spiro atoms. The van der Waals surface area contributed by atoms with Gasteiger partial charge in [0.2, 0.25) is 11.9 Å². The Morgan fingerprint density at radius 2 is 1.50 bits per heavy atom. The van der Waals surface area contributed by atoms with Gasteiger partial charge in [0.05, 0.1) is 57.5 Å². The first-order valence-corrected chi connectivity index (χ1v) is 16.4. The number of nitrogens with one attached hydrogen (secondary N) is 1. The first-order chi connectivity index (χ1) is 23.5. The Morgan fingerprint density at radius 1 is 0.771 bits per heavy atom. The number of esters is 1. The van der Waals surface area contributed by atoms with Crippen molar-refractivity contribution < 1.29 is 28.5 Å². The number of nitrogens with zero attached hydrogens (tertiary/aromatic N) is 1. The van der Waals surface area contributed by atoms with Crippen LogP contribution in [0.1, 0.15) is 22.3 Å². The van der Waals surface area contributed by atoms with E-state index in [2.05, 4.69) is 57.6 Å². The van der Waals surface area contributed by atoms with Gasteiger partial charge in [0.1, 0.15) is 5.75 Å². The number of fused-ring (bicyclic) bond motifs is 2. The number of carbonyl (C=O) groups excluding carboxylic acids is 1. The van der Waals surface area contributed by atoms with E-state index in [-0.39, 0.29) is 0 Å². The lowest BCUT2D eigenvalue weighted by atomic mass is 9.90. The standard InChI is InChI=1S/C39H35N2O6S/c1-43-29-15-12-27(13-16-29)37-31(20-24-21-34(44-2)38(46-4)35(22-24)45-3)36(39(42)47-37)28-14-17-33-32(23-28)40-48-41(33)19-18-26-10-7-9-25-8-5-6-11-30(25)26/h5-17,21-23,40H,18-20H2,1-4H3. The number of hydrogen-bond donors (Lipinski definition) is 1. The average Bonchev–Trinajstić information content (AvgIpc) is 3.69. The lowest BCUT2D eigenvalue weighted by molar-refractivity contribution is -0.133. The molecular weight excluding hydrogens is 625 g/mol. The summed E-state index contributed by atoms with van der Waals surface area (Å²) in [5, 5.41) is 2.53. The van der Waals surface area contributed by atoms with E-state index in [4.69, 9.17) is 23.7 Å². The average molecular weight is 660 g/mol. The fraction of sp³-hybridized carbons (Fsp3) is 0.179. The second-order valence-corrected chi connectivity index (χ2v) is 12.3. The Kier molecular flexibility index (Phi) is 8.78. The zero-order valence-electron chi connectivity index (χ0n) is 27.2. The molecule has 7 rings (SSSR count). The Bertz CT molecular complexity index is 2000. The molecule has 2 aliphatic heterocycles. The van der Waals surface area contributed by atoms with Crippen molar-refractivity contribution in [2.75, 3.05) is 44.0 Å². The lowest BCUT2D eigenvalue weighted by Gasteiger charge is -2.17. The van der Waals surface area contributed by atoms with Gasteiger partial charge in [0.25, 0.3) is 0 Å². The van der Waals surface area contributed by atoms with E-state index < -0.39 is 5.97 Å². The van der Waals surface area contributed by atoms with Crippen molar-refractivity contribution in [2.45, 2.75) is 12.8 Å². The third-order valence-electron chi connectivity index (χ3n) is 8.72. The van der Waals surface area contributed by atoms with E-state index >= 15 is 0 Å². The van der Waals surface area contributed by atoms with Crippen LogP contribution in [0.4, 0.5) is 11.4 Å². The molecule has 2 aliphatic rings. The summed E-state index contributed by atoms with van der Waals surface area (Å²) in [6, 6.07) is 32.4. The molecule has 1 N–H and O–H groups in total. The van der Waals surface area contributed by atoms with Gasteiger partial charge in [-0.3, -0.25) is 4.31 Å². The van der Waals surface area contributed by atoms with Gasteiger partial charge in [-0.25, -0.2) is 4.79 Å². The smallest absolute Gasteiger partial charge is 0.340 e. The van der Waals surface area contributed by atoms with Crippen LogP contribution < -0.4 is 28.0 Å². The maximum absolute atomic E-state index is 13.7. The number of ether oxygens (including phenoxy) is 5. The van der Waals surface area contributed by atoms with Crippen LogP contribution in [-0.2, 0) is 22.4 Å². The maximum atomic E-state index is 13.7. The van der Waals surface area contributed by atoms with Crippen molar-refractivity contribution in [1.29, 1.82) is 0 Å². The van der Waals surface area contributed by atoms with Crippen LogP contribution in [-0.4, -0.2) is 41.0 Å². The minimum absolute atomic E-state index is 0.384. The molecule has 48 heavy (non-hydrogen) atoms. The quantitative estimate of drug-likeness (QED) is 0.112. The molecule has 0 aromatic heterocycles. The molecule has 2 heterocycles. The van der Waals surface area contributed by atoms with Gasteiger partial charge in [-0.15, -0.1) is 0 Å². The highest BCUT2D eigenvalue weighted by molar-refractivity contribution is 8.02. The van der Waals surface area contributed by atoms with Crippen molar-refractivity contribution >= 4 is 45.8 Å². The fourth-order valence-corrected chi connectivity index (χ4v) is 7.17. The van der Waals surface area contributed by atoms with Gasteiger partial charge in [-0.1, -0.05) is 60.7 Å². The van der Waals surface area contributed by atoms with E-state index in [1.54, 1.807) is 40.6 Å². The Balaban J connectivity index is 1.23. The number of cyclic esters (lactones) is 1. The van der Waals surface area contributed by atoms with E-state index in [1.807, 2.05) is 48.5 Å². The summed E-state index contributed by atoms with van der Waals surface area (Å²) < 4.78 is 33.9. The van der Waals surface area contributed by atoms with Crippen molar-refractivity contribution in [3.8, 4) is 23.0 Å². The third-order valence-corrected chi connectivity index (χ3v) is 9.63. The number of rotatable bonds is 11. The zero-order valence-corrected chi connectivity index (χ0v) is 28.0. The predicted molar refractivity (Wildman–Crippen MR) is 191 cm³/mol. The monoisotopic (exact) mass is 659 g/mol. The summed E-state index contributed by atoms with van der Waals surface area (Å²) in [6.45, 7) is 0.824. The summed E-state index contributed by atoms with van der Waals surface area (Å²) in [5.41, 5.74) is 7.02. The molecule has 0 saturated heterocycles. The highest BCUT2D eigenvalue weighted by atomic mass is 32.2. The Labute approximate surface area is 284 Å². The van der Waals surface area contributed by atoms with Gasteiger partial charge < -0.3 is 28.4 Å². The van der Waals surface area contributed by atoms with Crippen LogP contribution in [0.5, 0.6) is 23.0 Å². The second kappa shape index (κ2) is 13.4. The largest absolute Gasteiger partial charge is 0.497 e. The molecule has 8 nitrogen and oxygen atoms in total. The van der Waals surface area contributed by atoms with Gasteiger partial charge in [-0.05, 0) is 76.7 Å². The Hall–Kier alpha value is -5.28. The molecule has 0 unspecified atom stereocenters. The summed E-state index contributed by atoms with van der Waals surface area (Å²) in [4.78, 5) is 13.7. The van der Waals surface area contributed by atoms with Crippen molar-refractivity contribution in [1.82, 2.24) is 0 Å². The molecule has 5 aromatic carbocycles. The van der Waals surface area contributed by atoms with Crippen LogP contribution >= 0.6 is 12.1 Å². The molecule has 243 valence electrons. The van der Waals surface area contributed by atoms with Gasteiger partial charge in [0.15, 0.2) is 11.5 Å². The van der Waals surface area contributed by atoms with Crippen LogP contribution in [0.25, 0.3) is 16.3 Å². The van der Waals surface area contributed by atoms with Gasteiger partial charge in [-0.2, -0.15) is 0 Å². The van der Waals surface area contributed by atoms with Gasteiger partial charge in [0, 0.05) is 17.7 Å². The SMILES string of the molecule is COc1ccc([C]2OC(=O)C(c3ccc4c(c3)NSN4CCc3cccc4ccccc34)=C2Cc2cc(OC)c(OC)c(OC)c2)cc1. The summed E-state index contributed by atoms with van der Waals surface area (Å²) >= 11 is 1.56. The highest BCUT2D eigenvalue weighted by Crippen LogP contribution is 2.46. The molecule has 0 atom stereocenters. The topological polar surface area (TPSA) is 78.5 Å². The molecular formula is C39H35N2O6S. The normalized spacial score (nSPS) is 14.2. The molecule has 9 heteroatoms. The van der Waals surface area contributed by atoms with Crippen molar-refractivity contribution in [3.05, 3.63) is 131 Å². The van der Waals surface area contributed by atoms with E-state index in [1.165, 1.54) is 16.3 Å². The van der Waals surface area contributed by atoms with Crippen LogP contribution in [0, 0.1) is 6.10 Å². The molecule has 0 amide bonds. The Morgan fingerprint density at radius 3 is 2.23 bits per heavy atom. The highest BCUT2D eigenvalue weighted by Gasteiger charge is 2.38. The molecule has 0 saturated carbocycles. The van der Waals surface area contributed by atoms with E-state index in [0.717, 1.165) is 46.6 Å². The molecule has 5 aromatic rings. The first kappa shape index (κ1) is 31.3. The van der Waals surface area contributed by atoms with Crippen molar-refractivity contribution in [2.24, 2.45) is 0 Å². The third kappa shape index (κ3) is 5.86. The van der Waals surface area contributed by atoms with E-state index in [0.29, 0.717) is 41.1 Å².